The van der Waals surface area contributed by atoms with Crippen LogP contribution in [0.15, 0.2) is 158 Å². The molecular formula is C39H26N4. The van der Waals surface area contributed by atoms with Gasteiger partial charge in [-0.3, -0.25) is 4.90 Å². The Bertz CT molecular complexity index is 2240. The quantitative estimate of drug-likeness (QED) is 0.200. The van der Waals surface area contributed by atoms with E-state index in [0.29, 0.717) is 0 Å². The van der Waals surface area contributed by atoms with Crippen molar-refractivity contribution < 1.29 is 0 Å². The van der Waals surface area contributed by atoms with Crippen molar-refractivity contribution in [2.45, 2.75) is 0 Å². The van der Waals surface area contributed by atoms with Crippen molar-refractivity contribution >= 4 is 49.5 Å². The number of hydrogen-bond acceptors (Lipinski definition) is 4. The van der Waals surface area contributed by atoms with Crippen molar-refractivity contribution in [3.63, 3.8) is 0 Å². The number of benzene rings is 7. The smallest absolute Gasteiger partial charge is 0.172 e. The van der Waals surface area contributed by atoms with Crippen molar-refractivity contribution in [3.05, 3.63) is 158 Å². The topological polar surface area (TPSA) is 41.9 Å². The van der Waals surface area contributed by atoms with E-state index in [1.807, 2.05) is 24.3 Å². The van der Waals surface area contributed by atoms with Crippen molar-refractivity contribution in [1.82, 2.24) is 15.4 Å². The molecule has 0 bridgehead atoms. The molecule has 0 radical (unpaired) electrons. The molecular weight excluding hydrogens is 524 g/mol. The highest BCUT2D eigenvalue weighted by Gasteiger charge is 2.26. The molecule has 0 N–H and O–H groups in total. The van der Waals surface area contributed by atoms with Crippen LogP contribution in [-0.2, 0) is 0 Å². The fourth-order valence-corrected chi connectivity index (χ4v) is 6.05. The molecule has 1 aromatic heterocycles. The first-order chi connectivity index (χ1) is 21.3. The molecule has 202 valence electrons. The lowest BCUT2D eigenvalue weighted by Crippen LogP contribution is -2.16. The molecule has 0 aliphatic carbocycles. The molecule has 0 spiro atoms. The fourth-order valence-electron chi connectivity index (χ4n) is 6.05. The summed E-state index contributed by atoms with van der Waals surface area (Å²) >= 11 is 0. The molecule has 7 aromatic carbocycles. The van der Waals surface area contributed by atoms with Crippen LogP contribution in [0.4, 0.5) is 17.2 Å². The fraction of sp³-hybridized carbons (Fsp3) is 0. The Labute approximate surface area is 249 Å². The summed E-state index contributed by atoms with van der Waals surface area (Å²) in [6.45, 7) is 0. The second-order valence-corrected chi connectivity index (χ2v) is 10.6. The summed E-state index contributed by atoms with van der Waals surface area (Å²) < 4.78 is 0. The Morgan fingerprint density at radius 1 is 0.395 bits per heavy atom. The van der Waals surface area contributed by atoms with Gasteiger partial charge in [-0.2, -0.15) is 0 Å². The van der Waals surface area contributed by atoms with E-state index in [2.05, 4.69) is 149 Å². The van der Waals surface area contributed by atoms with Gasteiger partial charge in [0.2, 0.25) is 0 Å². The van der Waals surface area contributed by atoms with Crippen molar-refractivity contribution in [3.8, 4) is 22.4 Å². The van der Waals surface area contributed by atoms with Crippen molar-refractivity contribution in [2.75, 3.05) is 4.90 Å². The first kappa shape index (κ1) is 24.9. The highest BCUT2D eigenvalue weighted by Crippen LogP contribution is 2.46. The minimum Gasteiger partial charge on any atom is -0.292 e. The molecule has 4 heteroatoms. The van der Waals surface area contributed by atoms with Gasteiger partial charge in [0, 0.05) is 16.3 Å². The molecule has 0 atom stereocenters. The van der Waals surface area contributed by atoms with Gasteiger partial charge in [0.15, 0.2) is 5.82 Å². The van der Waals surface area contributed by atoms with Gasteiger partial charge in [0.05, 0.1) is 16.9 Å². The van der Waals surface area contributed by atoms with Gasteiger partial charge in [-0.1, -0.05) is 133 Å². The van der Waals surface area contributed by atoms with Crippen molar-refractivity contribution in [2.24, 2.45) is 0 Å². The lowest BCUT2D eigenvalue weighted by Gasteiger charge is -2.29. The maximum Gasteiger partial charge on any atom is 0.172 e. The molecule has 0 unspecified atom stereocenters. The maximum atomic E-state index is 4.84. The number of anilines is 3. The minimum atomic E-state index is 0.720. The highest BCUT2D eigenvalue weighted by atomic mass is 15.4. The van der Waals surface area contributed by atoms with E-state index < -0.39 is 0 Å². The van der Waals surface area contributed by atoms with Crippen LogP contribution >= 0.6 is 0 Å². The summed E-state index contributed by atoms with van der Waals surface area (Å²) in [6.07, 6.45) is 0. The summed E-state index contributed by atoms with van der Waals surface area (Å²) in [5.41, 5.74) is 5.76. The van der Waals surface area contributed by atoms with E-state index in [0.717, 1.165) is 61.1 Å². The zero-order valence-corrected chi connectivity index (χ0v) is 23.3. The van der Waals surface area contributed by atoms with E-state index in [1.165, 1.54) is 10.8 Å². The zero-order chi connectivity index (χ0) is 28.6. The summed E-state index contributed by atoms with van der Waals surface area (Å²) in [6, 6.07) is 55.1. The molecule has 1 heterocycles. The summed E-state index contributed by atoms with van der Waals surface area (Å²) in [5.74, 6) is 0.720. The molecule has 0 saturated carbocycles. The number of nitrogens with zero attached hydrogens (tertiary/aromatic N) is 4. The third kappa shape index (κ3) is 4.37. The van der Waals surface area contributed by atoms with E-state index in [9.17, 15) is 0 Å². The van der Waals surface area contributed by atoms with Gasteiger partial charge in [0.25, 0.3) is 0 Å². The minimum absolute atomic E-state index is 0.720. The number of hydrogen-bond donors (Lipinski definition) is 0. The second kappa shape index (κ2) is 10.5. The second-order valence-electron chi connectivity index (χ2n) is 10.6. The number of fused-ring (bicyclic) bond motifs is 3. The predicted octanol–water partition coefficient (Wildman–Crippen LogP) is 10.1. The average molecular weight is 551 g/mol. The number of aromatic nitrogens is 3. The van der Waals surface area contributed by atoms with E-state index in [1.54, 1.807) is 0 Å². The SMILES string of the molecule is c1ccc(-c2nnnc(N(c3cccc4ccccc34)c3cccc4cc5ccccc5cc34)c2-c2ccccc2)cc1. The average Bonchev–Trinajstić information content (AvgIpc) is 3.08. The summed E-state index contributed by atoms with van der Waals surface area (Å²) in [5, 5.41) is 20.8. The standard InChI is InChI=1S/C39H26N4/c1-3-14-28(15-4-1)37-38(29-16-5-2-6-17-29)40-42-41-39(37)43(35-23-11-20-27-13-9-10-22-33(27)35)36-24-12-21-32-25-30-18-7-8-19-31(30)26-34(32)36/h1-26H. The Balaban J connectivity index is 1.51. The van der Waals surface area contributed by atoms with E-state index in [-0.39, 0.29) is 0 Å². The van der Waals surface area contributed by atoms with Crippen LogP contribution in [0.5, 0.6) is 0 Å². The molecule has 0 fully saturated rings. The Morgan fingerprint density at radius 2 is 0.953 bits per heavy atom. The molecule has 43 heavy (non-hydrogen) atoms. The largest absolute Gasteiger partial charge is 0.292 e. The van der Waals surface area contributed by atoms with Crippen LogP contribution < -0.4 is 4.90 Å². The van der Waals surface area contributed by atoms with Crippen molar-refractivity contribution in [1.29, 1.82) is 0 Å². The first-order valence-corrected chi connectivity index (χ1v) is 14.4. The van der Waals surface area contributed by atoms with Gasteiger partial charge in [-0.25, -0.2) is 0 Å². The third-order valence-electron chi connectivity index (χ3n) is 8.04. The molecule has 8 aromatic rings. The molecule has 4 nitrogen and oxygen atoms in total. The maximum absolute atomic E-state index is 4.84. The lowest BCUT2D eigenvalue weighted by atomic mass is 9.97. The summed E-state index contributed by atoms with van der Waals surface area (Å²) in [7, 11) is 0. The molecule has 0 aliphatic rings. The Kier molecular flexibility index (Phi) is 6.08. The lowest BCUT2D eigenvalue weighted by molar-refractivity contribution is 0.868. The van der Waals surface area contributed by atoms with Crippen LogP contribution in [-0.4, -0.2) is 15.4 Å². The molecule has 0 amide bonds. The van der Waals surface area contributed by atoms with Gasteiger partial charge < -0.3 is 0 Å². The van der Waals surface area contributed by atoms with Crippen LogP contribution in [0.1, 0.15) is 0 Å². The Hall–Kier alpha value is -5.87. The van der Waals surface area contributed by atoms with Gasteiger partial charge in [-0.05, 0) is 56.6 Å². The monoisotopic (exact) mass is 550 g/mol. The van der Waals surface area contributed by atoms with Crippen LogP contribution in [0.3, 0.4) is 0 Å². The Morgan fingerprint density at radius 3 is 1.70 bits per heavy atom. The number of rotatable bonds is 5. The normalized spacial score (nSPS) is 11.3. The van der Waals surface area contributed by atoms with E-state index >= 15 is 0 Å². The summed E-state index contributed by atoms with van der Waals surface area (Å²) in [4.78, 5) is 2.27. The van der Waals surface area contributed by atoms with Crippen LogP contribution in [0, 0.1) is 0 Å². The zero-order valence-electron chi connectivity index (χ0n) is 23.3. The van der Waals surface area contributed by atoms with Crippen LogP contribution in [0.25, 0.3) is 54.7 Å². The van der Waals surface area contributed by atoms with E-state index in [4.69, 9.17) is 5.10 Å². The molecule has 8 rings (SSSR count). The molecule has 0 saturated heterocycles. The van der Waals surface area contributed by atoms with Gasteiger partial charge in [-0.15, -0.1) is 10.2 Å². The molecule has 0 aliphatic heterocycles. The third-order valence-corrected chi connectivity index (χ3v) is 8.04. The van der Waals surface area contributed by atoms with Gasteiger partial charge in [0.1, 0.15) is 5.69 Å². The predicted molar refractivity (Wildman–Crippen MR) is 178 cm³/mol. The van der Waals surface area contributed by atoms with Gasteiger partial charge >= 0.3 is 0 Å². The highest BCUT2D eigenvalue weighted by molar-refractivity contribution is 6.09. The van der Waals surface area contributed by atoms with Crippen LogP contribution in [0.2, 0.25) is 0 Å². The first-order valence-electron chi connectivity index (χ1n) is 14.4.